The van der Waals surface area contributed by atoms with Crippen LogP contribution in [0.3, 0.4) is 0 Å². The van der Waals surface area contributed by atoms with E-state index in [0.717, 1.165) is 0 Å². The van der Waals surface area contributed by atoms with Gasteiger partial charge >= 0.3 is 0 Å². The van der Waals surface area contributed by atoms with Crippen LogP contribution in [-0.2, 0) is 28.6 Å². The summed E-state index contributed by atoms with van der Waals surface area (Å²) < 4.78 is 15.7. The molecule has 0 unspecified atom stereocenters. The van der Waals surface area contributed by atoms with Crippen molar-refractivity contribution in [3.63, 3.8) is 0 Å². The highest BCUT2D eigenvalue weighted by molar-refractivity contribution is 5.79. The molecule has 0 aliphatic carbocycles. The van der Waals surface area contributed by atoms with Gasteiger partial charge in [-0.3, -0.25) is 14.4 Å². The van der Waals surface area contributed by atoms with Crippen molar-refractivity contribution >= 4 is 17.6 Å². The molecule has 0 bridgehead atoms. The summed E-state index contributed by atoms with van der Waals surface area (Å²) >= 11 is 0. The van der Waals surface area contributed by atoms with Crippen molar-refractivity contribution in [3.05, 3.63) is 0 Å². The van der Waals surface area contributed by atoms with Crippen LogP contribution >= 0.6 is 0 Å². The molecule has 0 aliphatic rings. The fraction of sp³-hybridized carbons (Fsp3) is 0.824. The number of ketones is 1. The zero-order valence-corrected chi connectivity index (χ0v) is 15.6. The van der Waals surface area contributed by atoms with E-state index in [0.29, 0.717) is 52.5 Å². The van der Waals surface area contributed by atoms with Gasteiger partial charge in [0.25, 0.3) is 0 Å². The van der Waals surface area contributed by atoms with Gasteiger partial charge in [0.05, 0.1) is 33.0 Å². The first-order valence-corrected chi connectivity index (χ1v) is 8.76. The van der Waals surface area contributed by atoms with E-state index < -0.39 is 0 Å². The third kappa shape index (κ3) is 15.7. The number of carbonyl (C=O) groups excluding carboxylic acids is 3. The average Bonchev–Trinajstić information content (AvgIpc) is 2.59. The van der Waals surface area contributed by atoms with Gasteiger partial charge in [-0.05, 0) is 0 Å². The Morgan fingerprint density at radius 2 is 1.44 bits per heavy atom. The molecule has 2 amide bonds. The molecule has 146 valence electrons. The zero-order valence-electron chi connectivity index (χ0n) is 15.6. The van der Waals surface area contributed by atoms with E-state index in [1.165, 1.54) is 0 Å². The summed E-state index contributed by atoms with van der Waals surface area (Å²) in [6, 6.07) is 0. The van der Waals surface area contributed by atoms with Gasteiger partial charge in [0.2, 0.25) is 11.8 Å². The molecule has 0 aromatic heterocycles. The molecule has 0 aliphatic heterocycles. The molecule has 8 nitrogen and oxygen atoms in total. The van der Waals surface area contributed by atoms with Crippen molar-refractivity contribution in [1.29, 1.82) is 0 Å². The quantitative estimate of drug-likeness (QED) is 0.384. The lowest BCUT2D eigenvalue weighted by atomic mass is 10.2. The largest absolute Gasteiger partial charge is 0.379 e. The number of amides is 2. The zero-order chi connectivity index (χ0) is 18.9. The molecule has 0 spiro atoms. The van der Waals surface area contributed by atoms with Gasteiger partial charge in [-0.25, -0.2) is 0 Å². The van der Waals surface area contributed by atoms with E-state index in [2.05, 4.69) is 10.6 Å². The van der Waals surface area contributed by atoms with Crippen LogP contribution in [0.5, 0.6) is 0 Å². The van der Waals surface area contributed by atoms with Gasteiger partial charge in [0.15, 0.2) is 5.78 Å². The second kappa shape index (κ2) is 16.0. The van der Waals surface area contributed by atoms with E-state index in [1.807, 2.05) is 13.8 Å². The average molecular weight is 360 g/mol. The summed E-state index contributed by atoms with van der Waals surface area (Å²) in [6.45, 7) is 8.27. The number of hydrogen-bond acceptors (Lipinski definition) is 6. The predicted octanol–water partition coefficient (Wildman–Crippen LogP) is 0.294. The molecule has 0 saturated heterocycles. The van der Waals surface area contributed by atoms with Crippen LogP contribution in [0.15, 0.2) is 0 Å². The van der Waals surface area contributed by atoms with E-state index in [4.69, 9.17) is 14.2 Å². The minimum absolute atomic E-state index is 0.00762. The van der Waals surface area contributed by atoms with Crippen molar-refractivity contribution in [2.75, 3.05) is 52.7 Å². The Kier molecular flexibility index (Phi) is 15.0. The van der Waals surface area contributed by atoms with E-state index in [1.54, 1.807) is 6.92 Å². The number of Topliss-reactive ketones (excluding diaryl/α,β-unsaturated/α-hetero) is 1. The first kappa shape index (κ1) is 23.5. The van der Waals surface area contributed by atoms with Crippen LogP contribution in [0.4, 0.5) is 0 Å². The molecule has 0 radical (unpaired) electrons. The highest BCUT2D eigenvalue weighted by atomic mass is 16.5. The van der Waals surface area contributed by atoms with Gasteiger partial charge in [0.1, 0.15) is 6.61 Å². The molecule has 25 heavy (non-hydrogen) atoms. The van der Waals surface area contributed by atoms with Crippen molar-refractivity contribution in [1.82, 2.24) is 10.6 Å². The normalized spacial score (nSPS) is 10.7. The Hall–Kier alpha value is -1.51. The summed E-state index contributed by atoms with van der Waals surface area (Å²) in [5, 5.41) is 5.44. The molecule has 2 N–H and O–H groups in total. The first-order chi connectivity index (χ1) is 12.0. The third-order valence-corrected chi connectivity index (χ3v) is 3.14. The third-order valence-electron chi connectivity index (χ3n) is 3.14. The Morgan fingerprint density at radius 3 is 2.08 bits per heavy atom. The SMILES string of the molecule is CCC(=O)COCCNC(=O)CCOCCOCCNC(=O)C(C)C. The van der Waals surface area contributed by atoms with Gasteiger partial charge in [-0.2, -0.15) is 0 Å². The number of hydrogen-bond donors (Lipinski definition) is 2. The van der Waals surface area contributed by atoms with Crippen LogP contribution < -0.4 is 10.6 Å². The van der Waals surface area contributed by atoms with Crippen LogP contribution in [0.1, 0.15) is 33.6 Å². The van der Waals surface area contributed by atoms with Crippen molar-refractivity contribution in [2.24, 2.45) is 5.92 Å². The lowest BCUT2D eigenvalue weighted by Crippen LogP contribution is -2.31. The first-order valence-electron chi connectivity index (χ1n) is 8.76. The van der Waals surface area contributed by atoms with Crippen molar-refractivity contribution in [2.45, 2.75) is 33.6 Å². The van der Waals surface area contributed by atoms with E-state index in [-0.39, 0.29) is 36.5 Å². The fourth-order valence-corrected chi connectivity index (χ4v) is 1.58. The summed E-state index contributed by atoms with van der Waals surface area (Å²) in [5.41, 5.74) is 0. The van der Waals surface area contributed by atoms with E-state index in [9.17, 15) is 14.4 Å². The summed E-state index contributed by atoms with van der Waals surface area (Å²) in [4.78, 5) is 33.8. The molecule has 0 saturated carbocycles. The summed E-state index contributed by atoms with van der Waals surface area (Å²) in [7, 11) is 0. The van der Waals surface area contributed by atoms with Crippen molar-refractivity contribution < 1.29 is 28.6 Å². The molecular formula is C17H32N2O6. The molecule has 0 rings (SSSR count). The maximum absolute atomic E-state index is 11.5. The maximum Gasteiger partial charge on any atom is 0.222 e. The second-order valence-corrected chi connectivity index (χ2v) is 5.72. The molecule has 0 fully saturated rings. The Balaban J connectivity index is 3.30. The fourth-order valence-electron chi connectivity index (χ4n) is 1.58. The highest BCUT2D eigenvalue weighted by Gasteiger charge is 2.05. The van der Waals surface area contributed by atoms with Crippen LogP contribution in [0.2, 0.25) is 0 Å². The number of ether oxygens (including phenoxy) is 3. The smallest absolute Gasteiger partial charge is 0.222 e. The molecule has 0 atom stereocenters. The molecule has 0 aromatic rings. The van der Waals surface area contributed by atoms with Gasteiger partial charge in [-0.15, -0.1) is 0 Å². The topological polar surface area (TPSA) is 103 Å². The van der Waals surface area contributed by atoms with Crippen molar-refractivity contribution in [3.8, 4) is 0 Å². The molecular weight excluding hydrogens is 328 g/mol. The number of nitrogens with one attached hydrogen (secondary N) is 2. The standard InChI is InChI=1S/C17H32N2O6/c1-4-15(20)13-25-10-6-18-16(21)5-8-23-11-12-24-9-7-19-17(22)14(2)3/h14H,4-13H2,1-3H3,(H,18,21)(H,19,22). The van der Waals surface area contributed by atoms with Crippen LogP contribution in [-0.4, -0.2) is 70.3 Å². The second-order valence-electron chi connectivity index (χ2n) is 5.72. The van der Waals surface area contributed by atoms with Crippen LogP contribution in [0, 0.1) is 5.92 Å². The Morgan fingerprint density at radius 1 is 0.840 bits per heavy atom. The minimum atomic E-state index is -0.122. The lowest BCUT2D eigenvalue weighted by molar-refractivity contribution is -0.124. The molecule has 0 aromatic carbocycles. The Bertz CT molecular complexity index is 387. The predicted molar refractivity (Wildman–Crippen MR) is 93.2 cm³/mol. The number of rotatable bonds is 16. The molecule has 8 heteroatoms. The van der Waals surface area contributed by atoms with Gasteiger partial charge in [0, 0.05) is 31.8 Å². The van der Waals surface area contributed by atoms with Gasteiger partial charge in [-0.1, -0.05) is 20.8 Å². The number of carbonyl (C=O) groups is 3. The van der Waals surface area contributed by atoms with Gasteiger partial charge < -0.3 is 24.8 Å². The minimum Gasteiger partial charge on any atom is -0.379 e. The molecule has 0 heterocycles. The van der Waals surface area contributed by atoms with Crippen LogP contribution in [0.25, 0.3) is 0 Å². The summed E-state index contributed by atoms with van der Waals surface area (Å²) in [5.74, 6) is -0.0971. The summed E-state index contributed by atoms with van der Waals surface area (Å²) in [6.07, 6.45) is 0.721. The highest BCUT2D eigenvalue weighted by Crippen LogP contribution is 1.90. The van der Waals surface area contributed by atoms with E-state index >= 15 is 0 Å². The maximum atomic E-state index is 11.5. The lowest BCUT2D eigenvalue weighted by Gasteiger charge is -2.09. The Labute approximate surface area is 150 Å². The monoisotopic (exact) mass is 360 g/mol.